The predicted octanol–water partition coefficient (Wildman–Crippen LogP) is 5.10. The van der Waals surface area contributed by atoms with Crippen LogP contribution in [0.5, 0.6) is 5.75 Å². The average Bonchev–Trinajstić information content (AvgIpc) is 3.14. The quantitative estimate of drug-likeness (QED) is 0.632. The van der Waals surface area contributed by atoms with E-state index < -0.39 is 0 Å². The number of ether oxygens (including phenoxy) is 1. The van der Waals surface area contributed by atoms with Crippen LogP contribution in [0.4, 0.5) is 5.69 Å². The highest BCUT2D eigenvalue weighted by molar-refractivity contribution is 8.13. The summed E-state index contributed by atoms with van der Waals surface area (Å²) in [6.07, 6.45) is 0.929. The summed E-state index contributed by atoms with van der Waals surface area (Å²) in [4.78, 5) is 19.4. The van der Waals surface area contributed by atoms with E-state index in [0.717, 1.165) is 34.6 Å². The second-order valence-corrected chi connectivity index (χ2v) is 7.19. The molecule has 0 atom stereocenters. The van der Waals surface area contributed by atoms with Gasteiger partial charge in [-0.05, 0) is 49.7 Å². The Morgan fingerprint density at radius 3 is 2.81 bits per heavy atom. The smallest absolute Gasteiger partial charge is 0.295 e. The van der Waals surface area contributed by atoms with Crippen LogP contribution >= 0.6 is 11.8 Å². The topological polar surface area (TPSA) is 55.0 Å². The van der Waals surface area contributed by atoms with Crippen molar-refractivity contribution in [2.24, 2.45) is 4.99 Å². The number of amidine groups is 1. The number of thioether (sulfide) groups is 1. The fourth-order valence-electron chi connectivity index (χ4n) is 2.96. The zero-order chi connectivity index (χ0) is 18.6. The van der Waals surface area contributed by atoms with Gasteiger partial charge in [0, 0.05) is 17.7 Å². The number of hydrogen-bond acceptors (Lipinski definition) is 5. The van der Waals surface area contributed by atoms with Gasteiger partial charge in [-0.3, -0.25) is 9.69 Å². The number of carbonyl (C=O) groups excluding carboxylic acids is 1. The number of carbonyl (C=O) groups is 1. The normalized spacial score (nSPS) is 16.0. The summed E-state index contributed by atoms with van der Waals surface area (Å²) in [5, 5.41) is 1.63. The molecule has 0 saturated carbocycles. The first-order valence-electron chi connectivity index (χ1n) is 8.99. The summed E-state index contributed by atoms with van der Waals surface area (Å²) >= 11 is 1.59. The zero-order valence-corrected chi connectivity index (χ0v) is 15.9. The molecule has 27 heavy (non-hydrogen) atoms. The molecule has 2 heterocycles. The highest BCUT2D eigenvalue weighted by Crippen LogP contribution is 2.27. The molecule has 4 rings (SSSR count). The molecule has 2 aromatic carbocycles. The van der Waals surface area contributed by atoms with E-state index in [9.17, 15) is 4.79 Å². The first-order chi connectivity index (χ1) is 13.2. The van der Waals surface area contributed by atoms with Crippen LogP contribution in [-0.4, -0.2) is 34.9 Å². The molecule has 0 aliphatic carbocycles. The van der Waals surface area contributed by atoms with E-state index in [1.54, 1.807) is 22.7 Å². The molecular weight excluding hydrogens is 360 g/mol. The molecular formula is C21H20N2O3S. The number of furan rings is 1. The molecule has 6 heteroatoms. The van der Waals surface area contributed by atoms with E-state index in [2.05, 4.69) is 4.99 Å². The Morgan fingerprint density at radius 2 is 2.04 bits per heavy atom. The number of aliphatic imine (C=N–C) groups is 1. The van der Waals surface area contributed by atoms with E-state index in [-0.39, 0.29) is 5.91 Å². The van der Waals surface area contributed by atoms with Gasteiger partial charge in [0.1, 0.15) is 11.3 Å². The molecule has 1 amide bonds. The lowest BCUT2D eigenvalue weighted by atomic mass is 10.2. The van der Waals surface area contributed by atoms with Crippen molar-refractivity contribution in [1.82, 2.24) is 4.90 Å². The van der Waals surface area contributed by atoms with Gasteiger partial charge in [-0.15, -0.1) is 0 Å². The van der Waals surface area contributed by atoms with Crippen molar-refractivity contribution in [3.8, 4) is 5.75 Å². The minimum absolute atomic E-state index is 0.150. The molecule has 0 radical (unpaired) electrons. The van der Waals surface area contributed by atoms with Gasteiger partial charge in [0.25, 0.3) is 5.91 Å². The maximum Gasteiger partial charge on any atom is 0.295 e. The van der Waals surface area contributed by atoms with Crippen LogP contribution in [0, 0.1) is 0 Å². The lowest BCUT2D eigenvalue weighted by molar-refractivity contribution is 0.0821. The van der Waals surface area contributed by atoms with E-state index in [4.69, 9.17) is 9.15 Å². The van der Waals surface area contributed by atoms with Gasteiger partial charge < -0.3 is 9.15 Å². The van der Waals surface area contributed by atoms with Crippen molar-refractivity contribution >= 4 is 39.5 Å². The highest BCUT2D eigenvalue weighted by atomic mass is 32.2. The number of benzene rings is 2. The van der Waals surface area contributed by atoms with Gasteiger partial charge in [0.05, 0.1) is 12.3 Å². The standard InChI is InChI=1S/C21H20N2O3S/c1-2-25-17-10-8-16(9-11-17)22-21-23(12-5-13-27-21)20(24)19-14-15-6-3-4-7-18(15)26-19/h3-4,6-11,14H,2,5,12-13H2,1H3. The van der Waals surface area contributed by atoms with Crippen LogP contribution < -0.4 is 4.74 Å². The van der Waals surface area contributed by atoms with E-state index in [1.165, 1.54) is 0 Å². The summed E-state index contributed by atoms with van der Waals surface area (Å²) in [7, 11) is 0. The minimum Gasteiger partial charge on any atom is -0.494 e. The summed E-state index contributed by atoms with van der Waals surface area (Å²) in [5.74, 6) is 1.95. The number of nitrogens with zero attached hydrogens (tertiary/aromatic N) is 2. The Bertz CT molecular complexity index is 946. The summed E-state index contributed by atoms with van der Waals surface area (Å²) in [6, 6.07) is 17.0. The fraction of sp³-hybridized carbons (Fsp3) is 0.238. The number of hydrogen-bond donors (Lipinski definition) is 0. The minimum atomic E-state index is -0.150. The van der Waals surface area contributed by atoms with Crippen LogP contribution in [-0.2, 0) is 0 Å². The van der Waals surface area contributed by atoms with Gasteiger partial charge in [0.2, 0.25) is 0 Å². The van der Waals surface area contributed by atoms with Crippen LogP contribution in [0.1, 0.15) is 23.9 Å². The van der Waals surface area contributed by atoms with E-state index in [1.807, 2.05) is 55.5 Å². The van der Waals surface area contributed by atoms with Gasteiger partial charge >= 0.3 is 0 Å². The predicted molar refractivity (Wildman–Crippen MR) is 109 cm³/mol. The third-order valence-corrected chi connectivity index (χ3v) is 5.30. The second kappa shape index (κ2) is 7.88. The largest absolute Gasteiger partial charge is 0.494 e. The van der Waals surface area contributed by atoms with Crippen molar-refractivity contribution in [2.45, 2.75) is 13.3 Å². The molecule has 0 bridgehead atoms. The Balaban J connectivity index is 1.60. The number of fused-ring (bicyclic) bond motifs is 1. The van der Waals surface area contributed by atoms with Gasteiger partial charge in [-0.1, -0.05) is 30.0 Å². The van der Waals surface area contributed by atoms with Crippen molar-refractivity contribution in [3.05, 3.63) is 60.4 Å². The average molecular weight is 380 g/mol. The molecule has 1 saturated heterocycles. The van der Waals surface area contributed by atoms with Crippen molar-refractivity contribution in [2.75, 3.05) is 18.9 Å². The maximum atomic E-state index is 13.0. The number of rotatable bonds is 4. The molecule has 1 aromatic heterocycles. The van der Waals surface area contributed by atoms with Crippen LogP contribution in [0.3, 0.4) is 0 Å². The van der Waals surface area contributed by atoms with Crippen LogP contribution in [0.2, 0.25) is 0 Å². The first kappa shape index (κ1) is 17.7. The molecule has 3 aromatic rings. The molecule has 0 N–H and O–H groups in total. The second-order valence-electron chi connectivity index (χ2n) is 6.13. The number of amides is 1. The monoisotopic (exact) mass is 380 g/mol. The Morgan fingerprint density at radius 1 is 1.22 bits per heavy atom. The Labute approximate surface area is 162 Å². The Hall–Kier alpha value is -2.73. The molecule has 0 spiro atoms. The lowest BCUT2D eigenvalue weighted by Gasteiger charge is -2.26. The SMILES string of the molecule is CCOc1ccc(N=C2SCCCN2C(=O)c2cc3ccccc3o2)cc1. The molecule has 1 aliphatic rings. The van der Waals surface area contributed by atoms with Crippen molar-refractivity contribution in [1.29, 1.82) is 0 Å². The zero-order valence-electron chi connectivity index (χ0n) is 15.1. The fourth-order valence-corrected chi connectivity index (χ4v) is 3.91. The van der Waals surface area contributed by atoms with Gasteiger partial charge in [0.15, 0.2) is 10.9 Å². The Kier molecular flexibility index (Phi) is 5.16. The van der Waals surface area contributed by atoms with Crippen LogP contribution in [0.15, 0.2) is 64.0 Å². The highest BCUT2D eigenvalue weighted by Gasteiger charge is 2.27. The molecule has 138 valence electrons. The summed E-state index contributed by atoms with van der Waals surface area (Å²) in [5.41, 5.74) is 1.51. The first-order valence-corrected chi connectivity index (χ1v) is 9.98. The molecule has 1 fully saturated rings. The van der Waals surface area contributed by atoms with Crippen LogP contribution in [0.25, 0.3) is 11.0 Å². The molecule has 5 nitrogen and oxygen atoms in total. The molecule has 0 unspecified atom stereocenters. The van der Waals surface area contributed by atoms with E-state index in [0.29, 0.717) is 24.1 Å². The molecule has 1 aliphatic heterocycles. The van der Waals surface area contributed by atoms with E-state index >= 15 is 0 Å². The van der Waals surface area contributed by atoms with Crippen molar-refractivity contribution < 1.29 is 13.9 Å². The summed E-state index contributed by atoms with van der Waals surface area (Å²) < 4.78 is 11.2. The maximum absolute atomic E-state index is 13.0. The van der Waals surface area contributed by atoms with Crippen molar-refractivity contribution in [3.63, 3.8) is 0 Å². The lowest BCUT2D eigenvalue weighted by Crippen LogP contribution is -2.39. The van der Waals surface area contributed by atoms with Gasteiger partial charge in [-0.2, -0.15) is 0 Å². The number of para-hydroxylation sites is 1. The third kappa shape index (κ3) is 3.85. The summed E-state index contributed by atoms with van der Waals surface area (Å²) in [6.45, 7) is 3.22. The van der Waals surface area contributed by atoms with Gasteiger partial charge in [-0.25, -0.2) is 4.99 Å². The third-order valence-electron chi connectivity index (χ3n) is 4.24.